The van der Waals surface area contributed by atoms with Crippen LogP contribution in [0.15, 0.2) is 54.7 Å². The van der Waals surface area contributed by atoms with Gasteiger partial charge in [0.2, 0.25) is 0 Å². The molecule has 0 atom stereocenters. The van der Waals surface area contributed by atoms with E-state index < -0.39 is 5.82 Å². The molecule has 0 spiro atoms. The van der Waals surface area contributed by atoms with Gasteiger partial charge in [-0.2, -0.15) is 5.10 Å². The zero-order valence-electron chi connectivity index (χ0n) is 17.1. The zero-order valence-corrected chi connectivity index (χ0v) is 17.1. The van der Waals surface area contributed by atoms with Gasteiger partial charge in [-0.15, -0.1) is 0 Å². The first-order valence-electron chi connectivity index (χ1n) is 9.69. The predicted molar refractivity (Wildman–Crippen MR) is 115 cm³/mol. The molecule has 2 aromatic carbocycles. The molecule has 0 fully saturated rings. The van der Waals surface area contributed by atoms with Crippen LogP contribution in [0.2, 0.25) is 0 Å². The summed E-state index contributed by atoms with van der Waals surface area (Å²) in [6.45, 7) is 2.58. The summed E-state index contributed by atoms with van der Waals surface area (Å²) in [7, 11) is 1.62. The van der Waals surface area contributed by atoms with Crippen molar-refractivity contribution in [2.24, 2.45) is 0 Å². The molecule has 0 aliphatic carbocycles. The number of halogens is 1. The van der Waals surface area contributed by atoms with E-state index in [2.05, 4.69) is 25.7 Å². The quantitative estimate of drug-likeness (QED) is 0.446. The number of carbonyl (C=O) groups excluding carboxylic acids is 1. The highest BCUT2D eigenvalue weighted by Crippen LogP contribution is 2.23. The number of nitrogens with zero attached hydrogens (tertiary/aromatic N) is 4. The number of aryl methyl sites for hydroxylation is 1. The number of nitrogens with one attached hydrogen (secondary N) is 2. The van der Waals surface area contributed by atoms with Crippen molar-refractivity contribution in [3.05, 3.63) is 71.9 Å². The van der Waals surface area contributed by atoms with Crippen LogP contribution in [0.5, 0.6) is 5.75 Å². The predicted octanol–water partition coefficient (Wildman–Crippen LogP) is 3.11. The molecule has 0 aliphatic rings. The smallest absolute Gasteiger partial charge is 0.251 e. The van der Waals surface area contributed by atoms with E-state index in [-0.39, 0.29) is 11.5 Å². The Bertz CT molecular complexity index is 1220. The van der Waals surface area contributed by atoms with E-state index in [0.717, 1.165) is 16.8 Å². The molecule has 0 saturated heterocycles. The number of aromatic nitrogens is 4. The van der Waals surface area contributed by atoms with Crippen molar-refractivity contribution in [3.63, 3.8) is 0 Å². The first kappa shape index (κ1) is 20.3. The summed E-state index contributed by atoms with van der Waals surface area (Å²) in [4.78, 5) is 21.1. The summed E-state index contributed by atoms with van der Waals surface area (Å²) in [6, 6.07) is 13.1. The number of benzene rings is 2. The molecule has 9 heteroatoms. The van der Waals surface area contributed by atoms with Crippen LogP contribution in [0.4, 0.5) is 10.2 Å². The lowest BCUT2D eigenvalue weighted by atomic mass is 10.2. The van der Waals surface area contributed by atoms with Crippen LogP contribution < -0.4 is 15.4 Å². The largest absolute Gasteiger partial charge is 0.497 e. The lowest BCUT2D eigenvalue weighted by Gasteiger charge is -2.10. The molecule has 0 radical (unpaired) electrons. The molecule has 158 valence electrons. The second-order valence-corrected chi connectivity index (χ2v) is 6.80. The minimum absolute atomic E-state index is 0.279. The van der Waals surface area contributed by atoms with Crippen molar-refractivity contribution in [2.75, 3.05) is 25.5 Å². The molecule has 0 saturated carbocycles. The molecule has 2 aromatic heterocycles. The highest BCUT2D eigenvalue weighted by Gasteiger charge is 2.13. The van der Waals surface area contributed by atoms with Gasteiger partial charge in [-0.1, -0.05) is 6.07 Å². The first-order valence-corrected chi connectivity index (χ1v) is 9.69. The second kappa shape index (κ2) is 8.78. The van der Waals surface area contributed by atoms with Gasteiger partial charge in [-0.05, 0) is 49.4 Å². The average molecular weight is 420 g/mol. The van der Waals surface area contributed by atoms with Crippen molar-refractivity contribution in [3.8, 4) is 11.4 Å². The van der Waals surface area contributed by atoms with Gasteiger partial charge in [-0.3, -0.25) is 4.79 Å². The summed E-state index contributed by atoms with van der Waals surface area (Å²) in [5.41, 5.74) is 1.80. The Labute approximate surface area is 178 Å². The Morgan fingerprint density at radius 2 is 1.94 bits per heavy atom. The second-order valence-electron chi connectivity index (χ2n) is 6.80. The average Bonchev–Trinajstić information content (AvgIpc) is 3.20. The number of hydrogen-bond donors (Lipinski definition) is 2. The van der Waals surface area contributed by atoms with Crippen molar-refractivity contribution in [1.82, 2.24) is 25.1 Å². The van der Waals surface area contributed by atoms with E-state index in [1.54, 1.807) is 24.1 Å². The number of methoxy groups -OCH3 is 1. The molecule has 4 aromatic rings. The SMILES string of the molecule is COc1ccc(-n2ncc3c(NCCNC(=O)c4cccc(F)c4)nc(C)nc32)cc1. The Kier molecular flexibility index (Phi) is 5.74. The van der Waals surface area contributed by atoms with E-state index in [1.165, 1.54) is 18.2 Å². The number of ether oxygens (including phenoxy) is 1. The summed E-state index contributed by atoms with van der Waals surface area (Å²) < 4.78 is 20.2. The van der Waals surface area contributed by atoms with E-state index >= 15 is 0 Å². The van der Waals surface area contributed by atoms with Gasteiger partial charge in [-0.25, -0.2) is 19.0 Å². The van der Waals surface area contributed by atoms with Crippen molar-refractivity contribution in [1.29, 1.82) is 0 Å². The van der Waals surface area contributed by atoms with Crippen LogP contribution in [-0.2, 0) is 0 Å². The minimum atomic E-state index is -0.446. The van der Waals surface area contributed by atoms with E-state index in [9.17, 15) is 9.18 Å². The molecular weight excluding hydrogens is 399 g/mol. The molecular formula is C22H21FN6O2. The van der Waals surface area contributed by atoms with E-state index in [1.807, 2.05) is 31.2 Å². The lowest BCUT2D eigenvalue weighted by molar-refractivity contribution is 0.0954. The van der Waals surface area contributed by atoms with Crippen molar-refractivity contribution >= 4 is 22.8 Å². The molecule has 8 nitrogen and oxygen atoms in total. The van der Waals surface area contributed by atoms with Crippen molar-refractivity contribution in [2.45, 2.75) is 6.92 Å². The number of fused-ring (bicyclic) bond motifs is 1. The molecule has 0 unspecified atom stereocenters. The van der Waals surface area contributed by atoms with Crippen LogP contribution in [0.1, 0.15) is 16.2 Å². The van der Waals surface area contributed by atoms with Gasteiger partial charge in [0.25, 0.3) is 5.91 Å². The summed E-state index contributed by atoms with van der Waals surface area (Å²) >= 11 is 0. The Balaban J connectivity index is 1.47. The van der Waals surface area contributed by atoms with Gasteiger partial charge in [0.15, 0.2) is 5.65 Å². The number of hydrogen-bond acceptors (Lipinski definition) is 6. The van der Waals surface area contributed by atoms with Crippen molar-refractivity contribution < 1.29 is 13.9 Å². The maximum absolute atomic E-state index is 13.3. The first-order chi connectivity index (χ1) is 15.0. The zero-order chi connectivity index (χ0) is 21.8. The molecule has 0 bridgehead atoms. The molecule has 1 amide bonds. The summed E-state index contributed by atoms with van der Waals surface area (Å²) in [5, 5.41) is 11.2. The van der Waals surface area contributed by atoms with Gasteiger partial charge < -0.3 is 15.4 Å². The fourth-order valence-electron chi connectivity index (χ4n) is 3.15. The molecule has 4 rings (SSSR count). The molecule has 2 N–H and O–H groups in total. The Hall–Kier alpha value is -4.01. The van der Waals surface area contributed by atoms with Gasteiger partial charge in [0.05, 0.1) is 24.4 Å². The molecule has 2 heterocycles. The maximum Gasteiger partial charge on any atom is 0.251 e. The maximum atomic E-state index is 13.3. The number of amides is 1. The van der Waals surface area contributed by atoms with Gasteiger partial charge in [0.1, 0.15) is 23.2 Å². The highest BCUT2D eigenvalue weighted by molar-refractivity contribution is 5.94. The Morgan fingerprint density at radius 3 is 2.68 bits per heavy atom. The standard InChI is InChI=1S/C22H21FN6O2/c1-14-27-20(24-10-11-25-22(30)15-4-3-5-16(23)12-15)19-13-26-29(21(19)28-14)17-6-8-18(31-2)9-7-17/h3-9,12-13H,10-11H2,1-2H3,(H,25,30)(H,24,27,28). The van der Waals surface area contributed by atoms with Crippen LogP contribution in [0.3, 0.4) is 0 Å². The molecule has 0 aliphatic heterocycles. The fraction of sp³-hybridized carbons (Fsp3) is 0.182. The summed E-state index contributed by atoms with van der Waals surface area (Å²) in [6.07, 6.45) is 1.70. The fourth-order valence-corrected chi connectivity index (χ4v) is 3.15. The van der Waals surface area contributed by atoms with Gasteiger partial charge >= 0.3 is 0 Å². The normalized spacial score (nSPS) is 10.8. The van der Waals surface area contributed by atoms with Crippen LogP contribution in [0.25, 0.3) is 16.7 Å². The highest BCUT2D eigenvalue weighted by atomic mass is 19.1. The minimum Gasteiger partial charge on any atom is -0.497 e. The van der Waals surface area contributed by atoms with Crippen LogP contribution in [0, 0.1) is 12.7 Å². The third kappa shape index (κ3) is 4.45. The monoisotopic (exact) mass is 420 g/mol. The van der Waals surface area contributed by atoms with E-state index in [0.29, 0.717) is 30.4 Å². The van der Waals surface area contributed by atoms with Crippen LogP contribution in [-0.4, -0.2) is 45.9 Å². The molecule has 31 heavy (non-hydrogen) atoms. The number of anilines is 1. The van der Waals surface area contributed by atoms with E-state index in [4.69, 9.17) is 4.74 Å². The topological polar surface area (TPSA) is 94.0 Å². The Morgan fingerprint density at radius 1 is 1.13 bits per heavy atom. The number of rotatable bonds is 7. The third-order valence-corrected chi connectivity index (χ3v) is 4.65. The van der Waals surface area contributed by atoms with Crippen LogP contribution >= 0.6 is 0 Å². The third-order valence-electron chi connectivity index (χ3n) is 4.65. The number of carbonyl (C=O) groups is 1. The van der Waals surface area contributed by atoms with Gasteiger partial charge in [0, 0.05) is 18.7 Å². The lowest BCUT2D eigenvalue weighted by Crippen LogP contribution is -2.29. The summed E-state index contributed by atoms with van der Waals surface area (Å²) in [5.74, 6) is 1.20.